The number of halogens is 1. The number of carbonyl (C=O) groups excluding carboxylic acids is 1. The number of likely N-dealkylation sites (tertiary alicyclic amines) is 1. The maximum atomic E-state index is 13.2. The fourth-order valence-corrected chi connectivity index (χ4v) is 4.84. The van der Waals surface area contributed by atoms with Gasteiger partial charge in [0.2, 0.25) is 0 Å². The van der Waals surface area contributed by atoms with Crippen molar-refractivity contribution in [3.63, 3.8) is 0 Å². The fraction of sp³-hybridized carbons (Fsp3) is 0.385. The number of aromatic nitrogens is 2. The molecule has 2 aliphatic rings. The van der Waals surface area contributed by atoms with Crippen LogP contribution in [0.2, 0.25) is 0 Å². The zero-order valence-corrected chi connectivity index (χ0v) is 19.2. The summed E-state index contributed by atoms with van der Waals surface area (Å²) < 4.78 is 27.0. The third-order valence-electron chi connectivity index (χ3n) is 6.75. The second-order valence-corrected chi connectivity index (χ2v) is 8.97. The van der Waals surface area contributed by atoms with Crippen LogP contribution < -0.4 is 10.1 Å². The van der Waals surface area contributed by atoms with Crippen molar-refractivity contribution in [2.45, 2.75) is 44.2 Å². The van der Waals surface area contributed by atoms with Gasteiger partial charge in [-0.3, -0.25) is 9.69 Å². The zero-order chi connectivity index (χ0) is 23.5. The summed E-state index contributed by atoms with van der Waals surface area (Å²) in [6, 6.07) is 14.3. The van der Waals surface area contributed by atoms with Gasteiger partial charge in [-0.25, -0.2) is 9.37 Å². The summed E-state index contributed by atoms with van der Waals surface area (Å²) in [4.78, 5) is 20.0. The molecular formula is C26H29FN4O3. The Balaban J connectivity index is 1.23. The first-order chi connectivity index (χ1) is 16.5. The standard InChI is InChI=1S/C26H29FN4O3/c1-33-22-8-4-19(5-9-22)16-29-24(32)23-18-31-15-12-28-25(31)26(34-23)10-13-30(14-11-26)17-20-2-6-21(27)7-3-20/h2-9,12,15,23H,10-11,13-14,16-18H2,1H3,(H,29,32)/t23-/m1/s1. The Bertz CT molecular complexity index is 1120. The molecular weight excluding hydrogens is 435 g/mol. The molecule has 3 aromatic rings. The Morgan fingerprint density at radius 1 is 1.15 bits per heavy atom. The van der Waals surface area contributed by atoms with E-state index in [-0.39, 0.29) is 11.7 Å². The lowest BCUT2D eigenvalue weighted by molar-refractivity contribution is -0.174. The molecule has 34 heavy (non-hydrogen) atoms. The molecule has 2 aliphatic heterocycles. The van der Waals surface area contributed by atoms with Crippen LogP contribution in [-0.4, -0.2) is 46.7 Å². The van der Waals surface area contributed by atoms with Crippen LogP contribution >= 0.6 is 0 Å². The molecule has 0 aliphatic carbocycles. The van der Waals surface area contributed by atoms with E-state index in [9.17, 15) is 9.18 Å². The first-order valence-electron chi connectivity index (χ1n) is 11.6. The largest absolute Gasteiger partial charge is 0.497 e. The van der Waals surface area contributed by atoms with Crippen molar-refractivity contribution < 1.29 is 18.7 Å². The molecule has 1 N–H and O–H groups in total. The maximum absolute atomic E-state index is 13.2. The quantitative estimate of drug-likeness (QED) is 0.607. The molecule has 7 nitrogen and oxygen atoms in total. The molecule has 178 valence electrons. The van der Waals surface area contributed by atoms with Gasteiger partial charge in [0.05, 0.1) is 13.7 Å². The molecule has 0 saturated carbocycles. The molecule has 0 bridgehead atoms. The van der Waals surface area contributed by atoms with Crippen LogP contribution in [0.1, 0.15) is 29.8 Å². The molecule has 5 rings (SSSR count). The maximum Gasteiger partial charge on any atom is 0.251 e. The third kappa shape index (κ3) is 4.69. The number of nitrogens with one attached hydrogen (secondary N) is 1. The van der Waals surface area contributed by atoms with E-state index in [1.807, 2.05) is 42.6 Å². The van der Waals surface area contributed by atoms with E-state index in [2.05, 4.69) is 19.8 Å². The molecule has 1 spiro atoms. The number of rotatable bonds is 6. The number of benzene rings is 2. The summed E-state index contributed by atoms with van der Waals surface area (Å²) in [7, 11) is 1.63. The molecule has 0 radical (unpaired) electrons. The smallest absolute Gasteiger partial charge is 0.251 e. The van der Waals surface area contributed by atoms with Gasteiger partial charge in [0.25, 0.3) is 5.91 Å². The second-order valence-electron chi connectivity index (χ2n) is 8.97. The molecule has 0 unspecified atom stereocenters. The third-order valence-corrected chi connectivity index (χ3v) is 6.75. The van der Waals surface area contributed by atoms with Crippen molar-refractivity contribution in [3.8, 4) is 5.75 Å². The number of amides is 1. The van der Waals surface area contributed by atoms with E-state index in [0.717, 1.165) is 55.2 Å². The normalized spacial score (nSPS) is 19.5. The molecule has 1 fully saturated rings. The minimum Gasteiger partial charge on any atom is -0.497 e. The van der Waals surface area contributed by atoms with E-state index < -0.39 is 11.7 Å². The summed E-state index contributed by atoms with van der Waals surface area (Å²) >= 11 is 0. The van der Waals surface area contributed by atoms with E-state index in [1.54, 1.807) is 13.3 Å². The Morgan fingerprint density at radius 2 is 1.85 bits per heavy atom. The number of nitrogens with zero attached hydrogens (tertiary/aromatic N) is 3. The van der Waals surface area contributed by atoms with Gasteiger partial charge < -0.3 is 19.4 Å². The van der Waals surface area contributed by atoms with Crippen molar-refractivity contribution in [1.82, 2.24) is 19.8 Å². The second kappa shape index (κ2) is 9.56. The number of hydrogen-bond donors (Lipinski definition) is 1. The summed E-state index contributed by atoms with van der Waals surface area (Å²) in [6.07, 6.45) is 4.61. The molecule has 8 heteroatoms. The highest BCUT2D eigenvalue weighted by atomic mass is 19.1. The predicted molar refractivity (Wildman–Crippen MR) is 125 cm³/mol. The van der Waals surface area contributed by atoms with Crippen molar-refractivity contribution >= 4 is 5.91 Å². The number of hydrogen-bond acceptors (Lipinski definition) is 5. The van der Waals surface area contributed by atoms with E-state index in [0.29, 0.717) is 13.1 Å². The summed E-state index contributed by atoms with van der Waals surface area (Å²) in [5, 5.41) is 3.02. The van der Waals surface area contributed by atoms with Gasteiger partial charge in [0, 0.05) is 38.6 Å². The van der Waals surface area contributed by atoms with Crippen molar-refractivity contribution in [2.24, 2.45) is 0 Å². The monoisotopic (exact) mass is 464 g/mol. The van der Waals surface area contributed by atoms with Crippen molar-refractivity contribution in [2.75, 3.05) is 20.2 Å². The van der Waals surface area contributed by atoms with Crippen LogP contribution in [0.5, 0.6) is 5.75 Å². The molecule has 1 saturated heterocycles. The van der Waals surface area contributed by atoms with Crippen LogP contribution in [0, 0.1) is 5.82 Å². The minimum atomic E-state index is -0.580. The highest BCUT2D eigenvalue weighted by molar-refractivity contribution is 5.81. The van der Waals surface area contributed by atoms with Gasteiger partial charge in [-0.1, -0.05) is 24.3 Å². The lowest BCUT2D eigenvalue weighted by Gasteiger charge is -2.45. The number of fused-ring (bicyclic) bond motifs is 2. The average molecular weight is 465 g/mol. The van der Waals surface area contributed by atoms with Crippen molar-refractivity contribution in [3.05, 3.63) is 83.7 Å². The van der Waals surface area contributed by atoms with Crippen LogP contribution in [0.15, 0.2) is 60.9 Å². The Hall–Kier alpha value is -3.23. The number of imidazole rings is 1. The Morgan fingerprint density at radius 3 is 2.56 bits per heavy atom. The fourth-order valence-electron chi connectivity index (χ4n) is 4.84. The molecule has 1 amide bonds. The zero-order valence-electron chi connectivity index (χ0n) is 19.2. The van der Waals surface area contributed by atoms with E-state index in [4.69, 9.17) is 9.47 Å². The summed E-state index contributed by atoms with van der Waals surface area (Å²) in [6.45, 7) is 3.26. The Kier molecular flexibility index (Phi) is 6.34. The summed E-state index contributed by atoms with van der Waals surface area (Å²) in [5.74, 6) is 1.34. The molecule has 1 atom stereocenters. The van der Waals surface area contributed by atoms with Crippen LogP contribution in [0.3, 0.4) is 0 Å². The average Bonchev–Trinajstić information content (AvgIpc) is 3.35. The van der Waals surface area contributed by atoms with Crippen LogP contribution in [0.25, 0.3) is 0 Å². The molecule has 3 heterocycles. The minimum absolute atomic E-state index is 0.122. The number of methoxy groups -OCH3 is 1. The first-order valence-corrected chi connectivity index (χ1v) is 11.6. The van der Waals surface area contributed by atoms with Gasteiger partial charge in [0.1, 0.15) is 23.0 Å². The van der Waals surface area contributed by atoms with Gasteiger partial charge in [-0.05, 0) is 48.2 Å². The Labute approximate surface area is 198 Å². The predicted octanol–water partition coefficient (Wildman–Crippen LogP) is 3.24. The lowest BCUT2D eigenvalue weighted by Crippen LogP contribution is -2.53. The number of carbonyl (C=O) groups is 1. The van der Waals surface area contributed by atoms with Gasteiger partial charge in [0.15, 0.2) is 6.10 Å². The van der Waals surface area contributed by atoms with Gasteiger partial charge in [-0.2, -0.15) is 0 Å². The topological polar surface area (TPSA) is 68.6 Å². The van der Waals surface area contributed by atoms with Crippen LogP contribution in [0.4, 0.5) is 4.39 Å². The van der Waals surface area contributed by atoms with Crippen molar-refractivity contribution in [1.29, 1.82) is 0 Å². The number of piperidine rings is 1. The highest BCUT2D eigenvalue weighted by Gasteiger charge is 2.47. The first kappa shape index (κ1) is 22.6. The lowest BCUT2D eigenvalue weighted by atomic mass is 9.88. The van der Waals surface area contributed by atoms with Gasteiger partial charge >= 0.3 is 0 Å². The highest BCUT2D eigenvalue weighted by Crippen LogP contribution is 2.40. The molecule has 1 aromatic heterocycles. The summed E-state index contributed by atoms with van der Waals surface area (Å²) in [5.41, 5.74) is 1.50. The van der Waals surface area contributed by atoms with E-state index in [1.165, 1.54) is 12.1 Å². The SMILES string of the molecule is COc1ccc(CNC(=O)[C@H]2Cn3ccnc3C3(CCN(Cc4ccc(F)cc4)CC3)O2)cc1. The van der Waals surface area contributed by atoms with Crippen LogP contribution in [-0.2, 0) is 34.8 Å². The van der Waals surface area contributed by atoms with E-state index >= 15 is 0 Å². The number of ether oxygens (including phenoxy) is 2. The molecule has 2 aromatic carbocycles. The van der Waals surface area contributed by atoms with Gasteiger partial charge in [-0.15, -0.1) is 0 Å².